The van der Waals surface area contributed by atoms with Gasteiger partial charge in [-0.1, -0.05) is 24.3 Å². The molecule has 11 heteroatoms. The first-order valence-electron chi connectivity index (χ1n) is 11.5. The van der Waals surface area contributed by atoms with Gasteiger partial charge in [-0.3, -0.25) is 4.79 Å². The number of para-hydroxylation sites is 3. The first-order chi connectivity index (χ1) is 18.2. The van der Waals surface area contributed by atoms with Crippen LogP contribution >= 0.6 is 0 Å². The Morgan fingerprint density at radius 1 is 1.00 bits per heavy atom. The molecule has 11 nitrogen and oxygen atoms in total. The number of ether oxygens (including phenoxy) is 1. The van der Waals surface area contributed by atoms with E-state index in [9.17, 15) is 4.79 Å². The van der Waals surface area contributed by atoms with Crippen molar-refractivity contribution in [2.24, 2.45) is 5.73 Å². The van der Waals surface area contributed by atoms with Crippen LogP contribution in [-0.4, -0.2) is 46.0 Å². The molecule has 2 aromatic carbocycles. The van der Waals surface area contributed by atoms with Crippen molar-refractivity contribution in [1.82, 2.24) is 25.3 Å². The maximum atomic E-state index is 12.9. The number of nitrogens with zero attached hydrogens (tertiary/aromatic N) is 4. The number of hydrogen-bond acceptors (Lipinski definition) is 10. The van der Waals surface area contributed by atoms with Gasteiger partial charge in [-0.2, -0.15) is 4.98 Å². The van der Waals surface area contributed by atoms with Crippen LogP contribution in [0, 0.1) is 0 Å². The molecule has 5 aromatic rings. The highest BCUT2D eigenvalue weighted by Crippen LogP contribution is 2.38. The third kappa shape index (κ3) is 5.16. The second-order valence-electron chi connectivity index (χ2n) is 7.84. The summed E-state index contributed by atoms with van der Waals surface area (Å²) in [5.41, 5.74) is 8.38. The van der Waals surface area contributed by atoms with E-state index in [1.807, 2.05) is 42.5 Å². The number of aromatic nitrogens is 4. The number of methoxy groups -OCH3 is 1. The lowest BCUT2D eigenvalue weighted by atomic mass is 10.1. The third-order valence-electron chi connectivity index (χ3n) is 5.36. The lowest BCUT2D eigenvalue weighted by Crippen LogP contribution is -2.30. The zero-order chi connectivity index (χ0) is 25.6. The second kappa shape index (κ2) is 10.7. The van der Waals surface area contributed by atoms with Gasteiger partial charge in [0.15, 0.2) is 11.3 Å². The topological polar surface area (TPSA) is 153 Å². The Morgan fingerprint density at radius 3 is 2.65 bits per heavy atom. The minimum Gasteiger partial charge on any atom is -0.494 e. The van der Waals surface area contributed by atoms with Crippen LogP contribution in [0.2, 0.25) is 0 Å². The molecule has 0 fully saturated rings. The van der Waals surface area contributed by atoms with E-state index < -0.39 is 0 Å². The van der Waals surface area contributed by atoms with E-state index >= 15 is 0 Å². The largest absolute Gasteiger partial charge is 0.494 e. The molecule has 5 rings (SSSR count). The SMILES string of the molecule is COc1c(Nc2nc(Nc3ccccn3)ncc2C(=O)NCCN)cccc1-c1nc2ccccc2o1. The van der Waals surface area contributed by atoms with Gasteiger partial charge in [-0.15, -0.1) is 0 Å². The Labute approximate surface area is 212 Å². The molecule has 3 aromatic heterocycles. The zero-order valence-corrected chi connectivity index (χ0v) is 19.9. The normalized spacial score (nSPS) is 10.8. The Kier molecular flexibility index (Phi) is 6.86. The number of nitrogens with one attached hydrogen (secondary N) is 3. The summed E-state index contributed by atoms with van der Waals surface area (Å²) in [6.45, 7) is 0.609. The Bertz CT molecular complexity index is 1500. The average molecular weight is 497 g/mol. The molecule has 0 saturated carbocycles. The van der Waals surface area contributed by atoms with E-state index in [4.69, 9.17) is 14.9 Å². The van der Waals surface area contributed by atoms with Crippen molar-refractivity contribution in [2.45, 2.75) is 0 Å². The first-order valence-corrected chi connectivity index (χ1v) is 11.5. The number of anilines is 4. The van der Waals surface area contributed by atoms with Crippen molar-refractivity contribution in [2.75, 3.05) is 30.8 Å². The quantitative estimate of drug-likeness (QED) is 0.236. The van der Waals surface area contributed by atoms with Crippen LogP contribution in [-0.2, 0) is 0 Å². The van der Waals surface area contributed by atoms with Crippen molar-refractivity contribution < 1.29 is 13.9 Å². The minimum absolute atomic E-state index is 0.231. The number of carbonyl (C=O) groups is 1. The Hall–Kier alpha value is -5.03. The van der Waals surface area contributed by atoms with E-state index in [1.165, 1.54) is 6.20 Å². The summed E-state index contributed by atoms with van der Waals surface area (Å²) in [5.74, 6) is 1.58. The summed E-state index contributed by atoms with van der Waals surface area (Å²) in [7, 11) is 1.55. The molecule has 37 heavy (non-hydrogen) atoms. The van der Waals surface area contributed by atoms with Crippen LogP contribution in [0.5, 0.6) is 5.75 Å². The van der Waals surface area contributed by atoms with Gasteiger partial charge in [0.05, 0.1) is 18.4 Å². The predicted octanol–water partition coefficient (Wildman–Crippen LogP) is 3.86. The second-order valence-corrected chi connectivity index (χ2v) is 7.84. The highest BCUT2D eigenvalue weighted by molar-refractivity contribution is 5.99. The number of benzene rings is 2. The number of nitrogens with two attached hydrogens (primary N) is 1. The molecule has 0 unspecified atom stereocenters. The van der Waals surface area contributed by atoms with E-state index in [0.29, 0.717) is 47.4 Å². The number of hydrogen-bond donors (Lipinski definition) is 4. The number of amides is 1. The third-order valence-corrected chi connectivity index (χ3v) is 5.36. The summed E-state index contributed by atoms with van der Waals surface area (Å²) in [6, 6.07) is 18.4. The van der Waals surface area contributed by atoms with Crippen molar-refractivity contribution in [3.63, 3.8) is 0 Å². The van der Waals surface area contributed by atoms with Gasteiger partial charge < -0.3 is 30.8 Å². The molecule has 0 aliphatic rings. The van der Waals surface area contributed by atoms with Crippen LogP contribution in [0.1, 0.15) is 10.4 Å². The fourth-order valence-corrected chi connectivity index (χ4v) is 3.67. The van der Waals surface area contributed by atoms with Gasteiger partial charge in [0, 0.05) is 25.5 Å². The molecule has 3 heterocycles. The smallest absolute Gasteiger partial charge is 0.256 e. The maximum absolute atomic E-state index is 12.9. The summed E-state index contributed by atoms with van der Waals surface area (Å²) in [6.07, 6.45) is 3.09. The Balaban J connectivity index is 1.53. The van der Waals surface area contributed by atoms with Crippen molar-refractivity contribution in [3.8, 4) is 17.2 Å². The lowest BCUT2D eigenvalue weighted by molar-refractivity contribution is 0.0955. The number of oxazole rings is 1. The van der Waals surface area contributed by atoms with Gasteiger partial charge >= 0.3 is 0 Å². The van der Waals surface area contributed by atoms with E-state index in [0.717, 1.165) is 5.52 Å². The molecular weight excluding hydrogens is 472 g/mol. The van der Waals surface area contributed by atoms with Crippen LogP contribution in [0.15, 0.2) is 77.5 Å². The summed E-state index contributed by atoms with van der Waals surface area (Å²) < 4.78 is 11.7. The van der Waals surface area contributed by atoms with Gasteiger partial charge in [-0.05, 0) is 36.4 Å². The zero-order valence-electron chi connectivity index (χ0n) is 19.9. The standard InChI is InChI=1S/C26H24N8O3/c1-36-22-16(25-32-18-8-2-3-10-20(18)37-25)7-6-9-19(22)31-23-17(24(35)29-14-12-27)15-30-26(34-23)33-21-11-4-5-13-28-21/h2-11,13,15H,12,14,27H2,1H3,(H,29,35)(H2,28,30,31,33,34). The highest BCUT2D eigenvalue weighted by Gasteiger charge is 2.20. The molecule has 0 spiro atoms. The monoisotopic (exact) mass is 496 g/mol. The summed E-state index contributed by atoms with van der Waals surface area (Å²) in [4.78, 5) is 30.5. The van der Waals surface area contributed by atoms with Gasteiger partial charge in [-0.25, -0.2) is 15.0 Å². The minimum atomic E-state index is -0.369. The van der Waals surface area contributed by atoms with Crippen LogP contribution in [0.4, 0.5) is 23.3 Å². The molecule has 186 valence electrons. The Morgan fingerprint density at radius 2 is 1.86 bits per heavy atom. The van der Waals surface area contributed by atoms with Crippen molar-refractivity contribution >= 4 is 40.3 Å². The van der Waals surface area contributed by atoms with Gasteiger partial charge in [0.25, 0.3) is 5.91 Å². The van der Waals surface area contributed by atoms with Crippen LogP contribution in [0.3, 0.4) is 0 Å². The number of rotatable bonds is 9. The fourth-order valence-electron chi connectivity index (χ4n) is 3.67. The lowest BCUT2D eigenvalue weighted by Gasteiger charge is -2.16. The molecule has 0 radical (unpaired) electrons. The number of fused-ring (bicyclic) bond motifs is 1. The first kappa shape index (κ1) is 23.7. The van der Waals surface area contributed by atoms with Crippen molar-refractivity contribution in [3.05, 3.63) is 78.6 Å². The van der Waals surface area contributed by atoms with Crippen LogP contribution < -0.4 is 26.4 Å². The number of carbonyl (C=O) groups excluding carboxylic acids is 1. The van der Waals surface area contributed by atoms with Crippen LogP contribution in [0.25, 0.3) is 22.6 Å². The molecule has 0 atom stereocenters. The molecule has 1 amide bonds. The van der Waals surface area contributed by atoms with E-state index in [2.05, 4.69) is 35.9 Å². The van der Waals surface area contributed by atoms with Crippen molar-refractivity contribution in [1.29, 1.82) is 0 Å². The molecule has 5 N–H and O–H groups in total. The van der Waals surface area contributed by atoms with Gasteiger partial charge in [0.1, 0.15) is 22.7 Å². The highest BCUT2D eigenvalue weighted by atomic mass is 16.5. The molecular formula is C26H24N8O3. The van der Waals surface area contributed by atoms with E-state index in [1.54, 1.807) is 31.5 Å². The van der Waals surface area contributed by atoms with E-state index in [-0.39, 0.29) is 23.2 Å². The molecule has 0 aliphatic heterocycles. The number of pyridine rings is 1. The summed E-state index contributed by atoms with van der Waals surface area (Å²) in [5, 5.41) is 9.01. The predicted molar refractivity (Wildman–Crippen MR) is 140 cm³/mol. The average Bonchev–Trinajstić information content (AvgIpc) is 3.36. The van der Waals surface area contributed by atoms with Gasteiger partial charge in [0.2, 0.25) is 11.8 Å². The maximum Gasteiger partial charge on any atom is 0.256 e. The molecule has 0 bridgehead atoms. The molecule has 0 saturated heterocycles. The summed E-state index contributed by atoms with van der Waals surface area (Å²) >= 11 is 0. The fraction of sp³-hybridized carbons (Fsp3) is 0.115. The molecule has 0 aliphatic carbocycles.